The molecule has 0 spiro atoms. The first kappa shape index (κ1) is 6.35. The Kier molecular flexibility index (Phi) is 1.14. The summed E-state index contributed by atoms with van der Waals surface area (Å²) in [5.74, 6) is 0. The predicted molar refractivity (Wildman–Crippen MR) is 50.9 cm³/mol. The van der Waals surface area contributed by atoms with Crippen LogP contribution in [-0.4, -0.2) is 26.2 Å². The summed E-state index contributed by atoms with van der Waals surface area (Å²) >= 11 is 0. The highest BCUT2D eigenvalue weighted by Gasteiger charge is 2.26. The number of anilines is 2. The first-order chi connectivity index (χ1) is 5.95. The molecule has 0 bridgehead atoms. The number of nitrogens with zero attached hydrogens (tertiary/aromatic N) is 2. The van der Waals surface area contributed by atoms with Gasteiger partial charge in [0.05, 0.1) is 11.4 Å². The average Bonchev–Trinajstić information content (AvgIpc) is 2.99. The molecule has 1 aromatic carbocycles. The van der Waals surface area contributed by atoms with E-state index in [0.717, 1.165) is 0 Å². The molecule has 2 fully saturated rings. The van der Waals surface area contributed by atoms with Crippen molar-refractivity contribution in [1.29, 1.82) is 0 Å². The zero-order chi connectivity index (χ0) is 7.97. The maximum atomic E-state index is 2.41. The van der Waals surface area contributed by atoms with E-state index in [9.17, 15) is 0 Å². The molecular formula is C10H12N2. The number of hydrogen-bond donors (Lipinski definition) is 0. The van der Waals surface area contributed by atoms with E-state index in [-0.39, 0.29) is 0 Å². The number of hydrogen-bond acceptors (Lipinski definition) is 2. The Hall–Kier alpha value is -1.18. The summed E-state index contributed by atoms with van der Waals surface area (Å²) in [7, 11) is 0. The van der Waals surface area contributed by atoms with Crippen molar-refractivity contribution in [3.63, 3.8) is 0 Å². The van der Waals surface area contributed by atoms with Crippen LogP contribution in [0.4, 0.5) is 11.4 Å². The summed E-state index contributed by atoms with van der Waals surface area (Å²) < 4.78 is 0. The third kappa shape index (κ3) is 0.951. The van der Waals surface area contributed by atoms with Crippen LogP contribution >= 0.6 is 0 Å². The zero-order valence-corrected chi connectivity index (χ0v) is 7.03. The van der Waals surface area contributed by atoms with Gasteiger partial charge in [-0.2, -0.15) is 0 Å². The molecule has 0 unspecified atom stereocenters. The highest BCUT2D eigenvalue weighted by Crippen LogP contribution is 2.35. The van der Waals surface area contributed by atoms with Gasteiger partial charge in [0.15, 0.2) is 0 Å². The van der Waals surface area contributed by atoms with Crippen molar-refractivity contribution in [2.75, 3.05) is 36.0 Å². The van der Waals surface area contributed by atoms with E-state index in [1.807, 2.05) is 0 Å². The Morgan fingerprint density at radius 2 is 1.17 bits per heavy atom. The second-order valence-corrected chi connectivity index (χ2v) is 3.46. The van der Waals surface area contributed by atoms with Crippen molar-refractivity contribution >= 4 is 11.4 Å². The van der Waals surface area contributed by atoms with Gasteiger partial charge >= 0.3 is 0 Å². The molecule has 2 aliphatic rings. The fourth-order valence-electron chi connectivity index (χ4n) is 1.58. The van der Waals surface area contributed by atoms with Gasteiger partial charge in [0.1, 0.15) is 0 Å². The SMILES string of the molecule is c1ccc(N2CC2)c(N2CC2)c1. The molecule has 3 rings (SSSR count). The van der Waals surface area contributed by atoms with Crippen molar-refractivity contribution in [1.82, 2.24) is 0 Å². The van der Waals surface area contributed by atoms with Gasteiger partial charge < -0.3 is 9.80 Å². The molecule has 2 heteroatoms. The summed E-state index contributed by atoms with van der Waals surface area (Å²) in [4.78, 5) is 4.82. The minimum absolute atomic E-state index is 1.24. The van der Waals surface area contributed by atoms with Crippen molar-refractivity contribution in [2.24, 2.45) is 0 Å². The van der Waals surface area contributed by atoms with Gasteiger partial charge in [0, 0.05) is 26.2 Å². The van der Waals surface area contributed by atoms with Crippen LogP contribution in [0.3, 0.4) is 0 Å². The molecule has 0 aliphatic carbocycles. The van der Waals surface area contributed by atoms with E-state index in [1.165, 1.54) is 37.6 Å². The second-order valence-electron chi connectivity index (χ2n) is 3.46. The molecule has 0 amide bonds. The van der Waals surface area contributed by atoms with Gasteiger partial charge in [-0.25, -0.2) is 0 Å². The Balaban J connectivity index is 2.02. The predicted octanol–water partition coefficient (Wildman–Crippen LogP) is 1.33. The molecule has 0 radical (unpaired) electrons. The first-order valence-electron chi connectivity index (χ1n) is 4.54. The van der Waals surface area contributed by atoms with Crippen molar-refractivity contribution in [2.45, 2.75) is 0 Å². The van der Waals surface area contributed by atoms with E-state index in [0.29, 0.717) is 0 Å². The minimum Gasteiger partial charge on any atom is -0.366 e. The molecule has 12 heavy (non-hydrogen) atoms. The van der Waals surface area contributed by atoms with Crippen LogP contribution in [0.15, 0.2) is 24.3 Å². The summed E-state index contributed by atoms with van der Waals surface area (Å²) in [6.45, 7) is 4.96. The van der Waals surface area contributed by atoms with Gasteiger partial charge in [0.25, 0.3) is 0 Å². The lowest BCUT2D eigenvalue weighted by Gasteiger charge is -2.10. The Bertz CT molecular complexity index is 269. The van der Waals surface area contributed by atoms with Gasteiger partial charge in [-0.05, 0) is 12.1 Å². The van der Waals surface area contributed by atoms with Crippen LogP contribution in [0.25, 0.3) is 0 Å². The highest BCUT2D eigenvalue weighted by molar-refractivity contribution is 5.75. The van der Waals surface area contributed by atoms with Crippen LogP contribution < -0.4 is 9.80 Å². The topological polar surface area (TPSA) is 6.02 Å². The van der Waals surface area contributed by atoms with Crippen LogP contribution in [-0.2, 0) is 0 Å². The van der Waals surface area contributed by atoms with Crippen molar-refractivity contribution < 1.29 is 0 Å². The fourth-order valence-corrected chi connectivity index (χ4v) is 1.58. The summed E-state index contributed by atoms with van der Waals surface area (Å²) in [6.07, 6.45) is 0. The van der Waals surface area contributed by atoms with Crippen LogP contribution in [0.1, 0.15) is 0 Å². The smallest absolute Gasteiger partial charge is 0.0605 e. The maximum absolute atomic E-state index is 2.41. The van der Waals surface area contributed by atoms with Crippen LogP contribution in [0, 0.1) is 0 Å². The van der Waals surface area contributed by atoms with Crippen LogP contribution in [0.2, 0.25) is 0 Å². The summed E-state index contributed by atoms with van der Waals surface area (Å²) in [6, 6.07) is 8.70. The average molecular weight is 160 g/mol. The lowest BCUT2D eigenvalue weighted by atomic mass is 10.2. The van der Waals surface area contributed by atoms with E-state index in [1.54, 1.807) is 0 Å². The van der Waals surface area contributed by atoms with Gasteiger partial charge in [-0.1, -0.05) is 12.1 Å². The monoisotopic (exact) mass is 160 g/mol. The molecular weight excluding hydrogens is 148 g/mol. The summed E-state index contributed by atoms with van der Waals surface area (Å²) in [5, 5.41) is 0. The van der Waals surface area contributed by atoms with E-state index in [4.69, 9.17) is 0 Å². The van der Waals surface area contributed by atoms with Crippen molar-refractivity contribution in [3.05, 3.63) is 24.3 Å². The molecule has 0 N–H and O–H groups in total. The molecule has 0 aromatic heterocycles. The number of para-hydroxylation sites is 2. The van der Waals surface area contributed by atoms with E-state index >= 15 is 0 Å². The maximum Gasteiger partial charge on any atom is 0.0605 e. The lowest BCUT2D eigenvalue weighted by molar-refractivity contribution is 1.32. The number of rotatable bonds is 2. The molecule has 1 aromatic rings. The normalized spacial score (nSPS) is 19.7. The standard InChI is InChI=1S/C10H12N2/c1-2-4-10(12-7-8-12)9(3-1)11-5-6-11/h1-4H,5-8H2. The molecule has 2 heterocycles. The van der Waals surface area contributed by atoms with Gasteiger partial charge in [-0.15, -0.1) is 0 Å². The quantitative estimate of drug-likeness (QED) is 0.602. The van der Waals surface area contributed by atoms with E-state index in [2.05, 4.69) is 34.1 Å². The summed E-state index contributed by atoms with van der Waals surface area (Å²) in [5.41, 5.74) is 2.85. The Morgan fingerprint density at radius 3 is 1.50 bits per heavy atom. The van der Waals surface area contributed by atoms with Gasteiger partial charge in [0.2, 0.25) is 0 Å². The Morgan fingerprint density at radius 1 is 0.750 bits per heavy atom. The lowest BCUT2D eigenvalue weighted by Crippen LogP contribution is -1.98. The first-order valence-corrected chi connectivity index (χ1v) is 4.54. The fraction of sp³-hybridized carbons (Fsp3) is 0.400. The third-order valence-corrected chi connectivity index (χ3v) is 2.46. The Labute approximate surface area is 72.4 Å². The molecule has 2 saturated heterocycles. The van der Waals surface area contributed by atoms with E-state index < -0.39 is 0 Å². The molecule has 0 atom stereocenters. The highest BCUT2D eigenvalue weighted by atomic mass is 15.3. The molecule has 2 nitrogen and oxygen atoms in total. The van der Waals surface area contributed by atoms with Crippen LogP contribution in [0.5, 0.6) is 0 Å². The number of benzene rings is 1. The third-order valence-electron chi connectivity index (χ3n) is 2.46. The zero-order valence-electron chi connectivity index (χ0n) is 7.03. The largest absolute Gasteiger partial charge is 0.366 e. The van der Waals surface area contributed by atoms with Crippen molar-refractivity contribution in [3.8, 4) is 0 Å². The second kappa shape index (κ2) is 2.16. The molecule has 2 aliphatic heterocycles. The minimum atomic E-state index is 1.24. The molecule has 0 saturated carbocycles. The van der Waals surface area contributed by atoms with Gasteiger partial charge in [-0.3, -0.25) is 0 Å². The molecule has 62 valence electrons.